The minimum absolute atomic E-state index is 0.194. The molecule has 5 rings (SSSR count). The second-order valence-electron chi connectivity index (χ2n) is 10.3. The highest BCUT2D eigenvalue weighted by atomic mass is 32.1. The molecule has 0 spiro atoms. The summed E-state index contributed by atoms with van der Waals surface area (Å²) in [5.41, 5.74) is 10.0. The second-order valence-corrected chi connectivity index (χ2v) is 11.3. The smallest absolute Gasteiger partial charge is 0.222 e. The van der Waals surface area contributed by atoms with Crippen molar-refractivity contribution < 1.29 is 13.9 Å². The van der Waals surface area contributed by atoms with Crippen LogP contribution in [0, 0.1) is 11.7 Å². The lowest BCUT2D eigenvalue weighted by atomic mass is 9.92. The van der Waals surface area contributed by atoms with Gasteiger partial charge in [0.25, 0.3) is 0 Å². The number of ether oxygens (including phenoxy) is 1. The molecular formula is C29H35FN4O2S. The molecular weight excluding hydrogens is 487 g/mol. The van der Waals surface area contributed by atoms with E-state index in [0.29, 0.717) is 30.1 Å². The van der Waals surface area contributed by atoms with Gasteiger partial charge in [0, 0.05) is 56.8 Å². The van der Waals surface area contributed by atoms with Gasteiger partial charge >= 0.3 is 0 Å². The topological polar surface area (TPSA) is 73.4 Å². The Bertz CT molecular complexity index is 1400. The molecule has 1 fully saturated rings. The number of nitrogens with zero attached hydrogens (tertiary/aromatic N) is 3. The lowest BCUT2D eigenvalue weighted by Crippen LogP contribution is -2.40. The minimum atomic E-state index is -0.194. The van der Waals surface area contributed by atoms with E-state index in [9.17, 15) is 9.18 Å². The zero-order chi connectivity index (χ0) is 25.9. The second kappa shape index (κ2) is 11.2. The van der Waals surface area contributed by atoms with Gasteiger partial charge in [0.1, 0.15) is 5.82 Å². The number of nitrogens with two attached hydrogens (primary N) is 1. The summed E-state index contributed by atoms with van der Waals surface area (Å²) in [6.07, 6.45) is 4.16. The summed E-state index contributed by atoms with van der Waals surface area (Å²) in [4.78, 5) is 19.7. The van der Waals surface area contributed by atoms with E-state index in [-0.39, 0.29) is 23.6 Å². The van der Waals surface area contributed by atoms with Crippen molar-refractivity contribution in [1.82, 2.24) is 14.5 Å². The Morgan fingerprint density at radius 2 is 2.16 bits per heavy atom. The lowest BCUT2D eigenvalue weighted by molar-refractivity contribution is -0.133. The number of fused-ring (bicyclic) bond motifs is 2. The highest BCUT2D eigenvalue weighted by Crippen LogP contribution is 2.34. The van der Waals surface area contributed by atoms with Gasteiger partial charge in [-0.1, -0.05) is 30.4 Å². The molecule has 3 heterocycles. The number of likely N-dealkylation sites (tertiary alicyclic amines) is 1. The molecule has 0 radical (unpaired) electrons. The van der Waals surface area contributed by atoms with E-state index in [0.717, 1.165) is 60.2 Å². The van der Waals surface area contributed by atoms with E-state index in [1.165, 1.54) is 23.0 Å². The van der Waals surface area contributed by atoms with E-state index in [1.807, 2.05) is 23.1 Å². The number of thiazole rings is 1. The van der Waals surface area contributed by atoms with Crippen LogP contribution in [0.25, 0.3) is 21.1 Å². The molecule has 1 aliphatic heterocycles. The first-order valence-corrected chi connectivity index (χ1v) is 13.9. The number of carbonyl (C=O) groups excluding carboxylic acids is 1. The molecule has 6 nitrogen and oxygen atoms in total. The van der Waals surface area contributed by atoms with Gasteiger partial charge in [0.15, 0.2) is 5.13 Å². The van der Waals surface area contributed by atoms with Gasteiger partial charge in [0.05, 0.1) is 15.7 Å². The molecule has 2 atom stereocenters. The van der Waals surface area contributed by atoms with Gasteiger partial charge in [-0.2, -0.15) is 0 Å². The molecule has 1 aliphatic rings. The largest absolute Gasteiger partial charge is 0.385 e. The molecule has 4 aromatic rings. The molecule has 2 aromatic heterocycles. The number of halogens is 1. The molecule has 0 aliphatic carbocycles. The molecule has 37 heavy (non-hydrogen) atoms. The fourth-order valence-electron chi connectivity index (χ4n) is 5.68. The summed E-state index contributed by atoms with van der Waals surface area (Å²) in [6.45, 7) is 5.03. The Balaban J connectivity index is 1.27. The molecule has 2 N–H and O–H groups in total. The van der Waals surface area contributed by atoms with E-state index in [4.69, 9.17) is 10.5 Å². The first-order valence-electron chi connectivity index (χ1n) is 13.1. The Labute approximate surface area is 221 Å². The highest BCUT2D eigenvalue weighted by molar-refractivity contribution is 7.22. The number of nitrogen functional groups attached to an aromatic ring is 1. The number of hydrogen-bond donors (Lipinski definition) is 1. The number of hydrogen-bond acceptors (Lipinski definition) is 5. The van der Waals surface area contributed by atoms with E-state index >= 15 is 0 Å². The Morgan fingerprint density at radius 1 is 1.30 bits per heavy atom. The van der Waals surface area contributed by atoms with Crippen LogP contribution >= 0.6 is 11.3 Å². The number of anilines is 1. The fourth-order valence-corrected chi connectivity index (χ4v) is 6.48. The van der Waals surface area contributed by atoms with Crippen LogP contribution in [0.1, 0.15) is 49.8 Å². The third-order valence-corrected chi connectivity index (χ3v) is 8.27. The van der Waals surface area contributed by atoms with Gasteiger partial charge in [-0.15, -0.1) is 0 Å². The van der Waals surface area contributed by atoms with Crippen molar-refractivity contribution in [2.75, 3.05) is 32.5 Å². The predicted octanol–water partition coefficient (Wildman–Crippen LogP) is 5.98. The van der Waals surface area contributed by atoms with E-state index < -0.39 is 0 Å². The normalized spacial score (nSPS) is 17.1. The molecule has 2 unspecified atom stereocenters. The SMILES string of the molecule is COCCCn1c(C2CCCN(C(=O)CC(C)Cc3ccc4nc(N)sc4c3)C2)cc2c(F)cccc21. The van der Waals surface area contributed by atoms with Crippen LogP contribution in [0.15, 0.2) is 42.5 Å². The molecule has 1 saturated heterocycles. The first kappa shape index (κ1) is 25.7. The number of amides is 1. The zero-order valence-electron chi connectivity index (χ0n) is 21.6. The first-order chi connectivity index (χ1) is 17.9. The van der Waals surface area contributed by atoms with Crippen molar-refractivity contribution in [3.8, 4) is 0 Å². The Morgan fingerprint density at radius 3 is 3.00 bits per heavy atom. The molecule has 2 aromatic carbocycles. The van der Waals surface area contributed by atoms with Crippen molar-refractivity contribution in [2.45, 2.75) is 51.5 Å². The van der Waals surface area contributed by atoms with Crippen LogP contribution in [0.5, 0.6) is 0 Å². The van der Waals surface area contributed by atoms with Gasteiger partial charge in [-0.05, 0) is 67.5 Å². The fraction of sp³-hybridized carbons (Fsp3) is 0.448. The standard InChI is InChI=1S/C29H35FN4O2S/c1-19(14-20-9-10-24-27(16-20)37-29(31)32-24)15-28(35)33-11-4-6-21(18-33)26-17-22-23(30)7-3-8-25(22)34(26)12-5-13-36-2/h3,7-10,16-17,19,21H,4-6,11-15,18H2,1-2H3,(H2,31,32). The van der Waals surface area contributed by atoms with Gasteiger partial charge in [0.2, 0.25) is 5.91 Å². The number of benzene rings is 2. The number of piperidine rings is 1. The van der Waals surface area contributed by atoms with Crippen molar-refractivity contribution >= 4 is 43.5 Å². The average Bonchev–Trinajstić information content (AvgIpc) is 3.44. The summed E-state index contributed by atoms with van der Waals surface area (Å²) in [5, 5.41) is 1.24. The molecule has 196 valence electrons. The molecule has 0 saturated carbocycles. The van der Waals surface area contributed by atoms with Crippen LogP contribution in [0.4, 0.5) is 9.52 Å². The van der Waals surface area contributed by atoms with Crippen LogP contribution in [0.3, 0.4) is 0 Å². The van der Waals surface area contributed by atoms with Crippen molar-refractivity contribution in [3.63, 3.8) is 0 Å². The summed E-state index contributed by atoms with van der Waals surface area (Å²) >= 11 is 1.50. The van der Waals surface area contributed by atoms with Crippen molar-refractivity contribution in [3.05, 3.63) is 59.5 Å². The monoisotopic (exact) mass is 522 g/mol. The van der Waals surface area contributed by atoms with Crippen LogP contribution in [-0.4, -0.2) is 47.2 Å². The minimum Gasteiger partial charge on any atom is -0.385 e. The lowest BCUT2D eigenvalue weighted by Gasteiger charge is -2.34. The predicted molar refractivity (Wildman–Crippen MR) is 148 cm³/mol. The average molecular weight is 523 g/mol. The third kappa shape index (κ3) is 5.65. The summed E-state index contributed by atoms with van der Waals surface area (Å²) in [5.74, 6) is 0.432. The molecule has 1 amide bonds. The van der Waals surface area contributed by atoms with E-state index in [1.54, 1.807) is 13.2 Å². The van der Waals surface area contributed by atoms with Crippen LogP contribution < -0.4 is 5.73 Å². The number of aromatic nitrogens is 2. The molecule has 8 heteroatoms. The number of rotatable bonds is 9. The maximum Gasteiger partial charge on any atom is 0.222 e. The highest BCUT2D eigenvalue weighted by Gasteiger charge is 2.28. The van der Waals surface area contributed by atoms with Gasteiger partial charge in [-0.25, -0.2) is 9.37 Å². The Kier molecular flexibility index (Phi) is 7.76. The van der Waals surface area contributed by atoms with Gasteiger partial charge in [-0.3, -0.25) is 4.79 Å². The summed E-state index contributed by atoms with van der Waals surface area (Å²) in [6, 6.07) is 13.5. The van der Waals surface area contributed by atoms with Crippen molar-refractivity contribution in [1.29, 1.82) is 0 Å². The number of carbonyl (C=O) groups is 1. The van der Waals surface area contributed by atoms with Crippen molar-refractivity contribution in [2.24, 2.45) is 5.92 Å². The van der Waals surface area contributed by atoms with E-state index in [2.05, 4.69) is 28.6 Å². The Hall–Kier alpha value is -2.97. The molecule has 0 bridgehead atoms. The third-order valence-electron chi connectivity index (χ3n) is 7.42. The summed E-state index contributed by atoms with van der Waals surface area (Å²) in [7, 11) is 1.70. The van der Waals surface area contributed by atoms with Gasteiger partial charge < -0.3 is 19.9 Å². The zero-order valence-corrected chi connectivity index (χ0v) is 22.4. The number of methoxy groups -OCH3 is 1. The summed E-state index contributed by atoms with van der Waals surface area (Å²) < 4.78 is 23.2. The van der Waals surface area contributed by atoms with Crippen LogP contribution in [-0.2, 0) is 22.5 Å². The maximum atomic E-state index is 14.6. The maximum absolute atomic E-state index is 14.6. The quantitative estimate of drug-likeness (QED) is 0.274. The number of aryl methyl sites for hydroxylation is 1. The van der Waals surface area contributed by atoms with Crippen LogP contribution in [0.2, 0.25) is 0 Å².